The Bertz CT molecular complexity index is 464. The van der Waals surface area contributed by atoms with Gasteiger partial charge in [0.15, 0.2) is 0 Å². The van der Waals surface area contributed by atoms with Crippen molar-refractivity contribution in [1.29, 1.82) is 0 Å². The Kier molecular flexibility index (Phi) is 10.1. The van der Waals surface area contributed by atoms with E-state index in [1.807, 2.05) is 24.6 Å². The van der Waals surface area contributed by atoms with Crippen LogP contribution in [0.2, 0.25) is 0 Å². The molecule has 2 aliphatic carbocycles. The summed E-state index contributed by atoms with van der Waals surface area (Å²) in [5.41, 5.74) is 0. The fraction of sp³-hybridized carbons (Fsp3) is 0.667. The van der Waals surface area contributed by atoms with Crippen LogP contribution >= 0.6 is 20.2 Å². The fourth-order valence-corrected chi connectivity index (χ4v) is 3.33. The van der Waals surface area contributed by atoms with Crippen molar-refractivity contribution in [3.8, 4) is 0 Å². The standard InChI is InChI=1S/C18H26N2O.2ClH.Fe/c1-3-7-15(8-4-1)19-13-17-11-12-18(21-17)14-20-16-9-5-2-6-10-16;;;/h11-16H,1-10H2;2*1H;/q;;;+2/p-2. The van der Waals surface area contributed by atoms with Gasteiger partial charge in [0, 0.05) is 0 Å². The van der Waals surface area contributed by atoms with Gasteiger partial charge in [-0.3, -0.25) is 9.98 Å². The number of aliphatic imine (C=N–C) groups is 2. The molecule has 3 rings (SSSR count). The second kappa shape index (κ2) is 12.1. The molecule has 0 radical (unpaired) electrons. The van der Waals surface area contributed by atoms with Gasteiger partial charge in [0.1, 0.15) is 11.5 Å². The Morgan fingerprint density at radius 3 is 1.54 bits per heavy atom. The van der Waals surface area contributed by atoms with E-state index in [2.05, 4.69) is 9.98 Å². The van der Waals surface area contributed by atoms with Gasteiger partial charge in [-0.1, -0.05) is 38.5 Å². The first kappa shape index (κ1) is 20.0. The molecule has 0 saturated heterocycles. The molecule has 1 heterocycles. The number of nitrogens with zero attached hydrogens (tertiary/aromatic N) is 2. The van der Waals surface area contributed by atoms with Crippen molar-refractivity contribution in [3.05, 3.63) is 23.7 Å². The van der Waals surface area contributed by atoms with E-state index in [9.17, 15) is 0 Å². The van der Waals surface area contributed by atoms with Gasteiger partial charge in [0.05, 0.1) is 24.5 Å². The van der Waals surface area contributed by atoms with Crippen LogP contribution < -0.4 is 0 Å². The van der Waals surface area contributed by atoms with Crippen molar-refractivity contribution in [3.63, 3.8) is 0 Å². The second-order valence-corrected chi connectivity index (χ2v) is 8.25. The summed E-state index contributed by atoms with van der Waals surface area (Å²) in [6, 6.07) is 5.00. The van der Waals surface area contributed by atoms with E-state index in [0.717, 1.165) is 11.5 Å². The molecule has 2 aliphatic rings. The first-order chi connectivity index (χ1) is 11.8. The molecule has 0 aromatic carbocycles. The Hall–Kier alpha value is -0.281. The molecule has 2 saturated carbocycles. The van der Waals surface area contributed by atoms with Crippen molar-refractivity contribution in [1.82, 2.24) is 0 Å². The number of hydrogen-bond donors (Lipinski definition) is 0. The molecule has 1 aromatic heterocycles. The predicted octanol–water partition coefficient (Wildman–Crippen LogP) is 6.16. The zero-order chi connectivity index (χ0) is 17.0. The molecule has 6 heteroatoms. The summed E-state index contributed by atoms with van der Waals surface area (Å²) in [6.45, 7) is 0. The third kappa shape index (κ3) is 7.74. The zero-order valence-corrected chi connectivity index (χ0v) is 16.6. The Labute approximate surface area is 159 Å². The van der Waals surface area contributed by atoms with Crippen LogP contribution in [0.1, 0.15) is 75.7 Å². The molecule has 136 valence electrons. The molecule has 0 amide bonds. The van der Waals surface area contributed by atoms with Crippen molar-refractivity contribution in [2.75, 3.05) is 0 Å². The van der Waals surface area contributed by atoms with Gasteiger partial charge in [0.2, 0.25) is 0 Å². The molecule has 3 nitrogen and oxygen atoms in total. The molecule has 24 heavy (non-hydrogen) atoms. The third-order valence-electron chi connectivity index (χ3n) is 4.62. The number of furan rings is 1. The predicted molar refractivity (Wildman–Crippen MR) is 99.3 cm³/mol. The summed E-state index contributed by atoms with van der Waals surface area (Å²) >= 11 is 0.194. The van der Waals surface area contributed by atoms with Crippen molar-refractivity contribution >= 4 is 32.6 Å². The van der Waals surface area contributed by atoms with E-state index in [4.69, 9.17) is 24.6 Å². The molecular weight excluding hydrogens is 387 g/mol. The third-order valence-corrected chi connectivity index (χ3v) is 4.62. The minimum atomic E-state index is 0.194. The van der Waals surface area contributed by atoms with Gasteiger partial charge >= 0.3 is 33.3 Å². The van der Waals surface area contributed by atoms with Crippen LogP contribution in [0.3, 0.4) is 0 Å². The van der Waals surface area contributed by atoms with Crippen LogP contribution in [0, 0.1) is 0 Å². The van der Waals surface area contributed by atoms with Crippen molar-refractivity contribution in [2.24, 2.45) is 9.98 Å². The van der Waals surface area contributed by atoms with Crippen LogP contribution in [0.15, 0.2) is 26.5 Å². The van der Waals surface area contributed by atoms with Crippen LogP contribution in [0.4, 0.5) is 0 Å². The van der Waals surface area contributed by atoms with E-state index >= 15 is 0 Å². The molecule has 0 bridgehead atoms. The van der Waals surface area contributed by atoms with Gasteiger partial charge in [-0.15, -0.1) is 0 Å². The maximum atomic E-state index is 5.77. The Balaban J connectivity index is 0.000000647. The number of hydrogen-bond acceptors (Lipinski definition) is 3. The number of halogens is 2. The van der Waals surface area contributed by atoms with Gasteiger partial charge in [-0.25, -0.2) is 0 Å². The van der Waals surface area contributed by atoms with Crippen LogP contribution in [0.5, 0.6) is 0 Å². The number of rotatable bonds is 4. The normalized spacial score (nSPS) is 20.6. The average Bonchev–Trinajstić information content (AvgIpc) is 3.09. The summed E-state index contributed by atoms with van der Waals surface area (Å²) in [7, 11) is 9.53. The molecule has 0 unspecified atom stereocenters. The minimum absolute atomic E-state index is 0.194. The molecular formula is C18H26Cl2FeN2O. The quantitative estimate of drug-likeness (QED) is 0.431. The van der Waals surface area contributed by atoms with E-state index in [0.29, 0.717) is 12.1 Å². The van der Waals surface area contributed by atoms with E-state index < -0.39 is 0 Å². The van der Waals surface area contributed by atoms with Gasteiger partial charge in [0.25, 0.3) is 0 Å². The average molecular weight is 413 g/mol. The Morgan fingerprint density at radius 2 is 1.17 bits per heavy atom. The Morgan fingerprint density at radius 1 is 0.792 bits per heavy atom. The van der Waals surface area contributed by atoms with E-state index in [-0.39, 0.29) is 13.1 Å². The molecule has 0 spiro atoms. The summed E-state index contributed by atoms with van der Waals surface area (Å²) in [6.07, 6.45) is 16.7. The van der Waals surface area contributed by atoms with Gasteiger partial charge in [-0.05, 0) is 37.8 Å². The maximum absolute atomic E-state index is 5.77. The molecule has 0 N–H and O–H groups in total. The molecule has 0 atom stereocenters. The summed E-state index contributed by atoms with van der Waals surface area (Å²) < 4.78 is 5.77. The van der Waals surface area contributed by atoms with E-state index in [1.165, 1.54) is 64.2 Å². The second-order valence-electron chi connectivity index (χ2n) is 6.43. The van der Waals surface area contributed by atoms with Crippen LogP contribution in [-0.2, 0) is 13.1 Å². The summed E-state index contributed by atoms with van der Waals surface area (Å²) in [5, 5.41) is 0. The van der Waals surface area contributed by atoms with Crippen LogP contribution in [-0.4, -0.2) is 24.5 Å². The van der Waals surface area contributed by atoms with E-state index in [1.54, 1.807) is 0 Å². The molecule has 1 aromatic rings. The van der Waals surface area contributed by atoms with Crippen molar-refractivity contribution in [2.45, 2.75) is 76.3 Å². The topological polar surface area (TPSA) is 37.9 Å². The SMILES string of the molecule is C(=NC1CCCCC1)c1ccc(C=NC2CCCCC2)o1.[Cl][Fe][Cl]. The summed E-state index contributed by atoms with van der Waals surface area (Å²) in [4.78, 5) is 9.31. The first-order valence-electron chi connectivity index (χ1n) is 8.83. The summed E-state index contributed by atoms with van der Waals surface area (Å²) in [5.74, 6) is 1.70. The molecule has 0 aliphatic heterocycles. The van der Waals surface area contributed by atoms with Crippen LogP contribution in [0.25, 0.3) is 0 Å². The zero-order valence-electron chi connectivity index (χ0n) is 13.9. The monoisotopic (exact) mass is 412 g/mol. The van der Waals surface area contributed by atoms with Gasteiger partial charge < -0.3 is 4.42 Å². The first-order valence-corrected chi connectivity index (χ1v) is 11.9. The van der Waals surface area contributed by atoms with Crippen molar-refractivity contribution < 1.29 is 17.6 Å². The molecule has 2 fully saturated rings. The fourth-order valence-electron chi connectivity index (χ4n) is 3.33. The van der Waals surface area contributed by atoms with Gasteiger partial charge in [-0.2, -0.15) is 0 Å².